The standard InChI is InChI=1S/C11H17NO2S2/c1-9(7-13)16-8-11(14)12-5-4-10-3-2-6-15-10/h2-3,6,9,13H,4-5,7-8H2,1H3,(H,12,14). The van der Waals surface area contributed by atoms with Gasteiger partial charge < -0.3 is 10.4 Å². The Morgan fingerprint density at radius 1 is 1.69 bits per heavy atom. The van der Waals surface area contributed by atoms with Gasteiger partial charge in [0.15, 0.2) is 0 Å². The van der Waals surface area contributed by atoms with Gasteiger partial charge in [-0.2, -0.15) is 0 Å². The van der Waals surface area contributed by atoms with Gasteiger partial charge in [-0.05, 0) is 17.9 Å². The van der Waals surface area contributed by atoms with Crippen molar-refractivity contribution in [1.29, 1.82) is 0 Å². The third kappa shape index (κ3) is 5.53. The minimum Gasteiger partial charge on any atom is -0.395 e. The van der Waals surface area contributed by atoms with Crippen LogP contribution in [0.15, 0.2) is 17.5 Å². The highest BCUT2D eigenvalue weighted by Gasteiger charge is 2.05. The van der Waals surface area contributed by atoms with Gasteiger partial charge in [0.1, 0.15) is 0 Å². The van der Waals surface area contributed by atoms with Crippen LogP contribution in [0.2, 0.25) is 0 Å². The number of hydrogen-bond acceptors (Lipinski definition) is 4. The Morgan fingerprint density at radius 2 is 2.50 bits per heavy atom. The number of nitrogens with one attached hydrogen (secondary N) is 1. The number of hydrogen-bond donors (Lipinski definition) is 2. The lowest BCUT2D eigenvalue weighted by Gasteiger charge is -2.07. The first-order valence-electron chi connectivity index (χ1n) is 5.24. The second-order valence-electron chi connectivity index (χ2n) is 3.48. The summed E-state index contributed by atoms with van der Waals surface area (Å²) in [5.74, 6) is 0.466. The minimum atomic E-state index is 0.0434. The summed E-state index contributed by atoms with van der Waals surface area (Å²) in [6.45, 7) is 2.71. The largest absolute Gasteiger partial charge is 0.395 e. The molecule has 0 spiro atoms. The van der Waals surface area contributed by atoms with E-state index in [0.717, 1.165) is 6.42 Å². The fourth-order valence-corrected chi connectivity index (χ4v) is 2.45. The molecule has 1 atom stereocenters. The Hall–Kier alpha value is -0.520. The zero-order valence-corrected chi connectivity index (χ0v) is 10.9. The van der Waals surface area contributed by atoms with Crippen LogP contribution in [0, 0.1) is 0 Å². The molecule has 90 valence electrons. The molecule has 1 rings (SSSR count). The number of rotatable bonds is 7. The van der Waals surface area contributed by atoms with Gasteiger partial charge in [-0.25, -0.2) is 0 Å². The molecule has 1 heterocycles. The van der Waals surface area contributed by atoms with E-state index in [4.69, 9.17) is 5.11 Å². The Labute approximate surface area is 104 Å². The molecule has 0 aromatic carbocycles. The quantitative estimate of drug-likeness (QED) is 0.780. The first-order chi connectivity index (χ1) is 7.72. The third-order valence-electron chi connectivity index (χ3n) is 2.03. The number of aliphatic hydroxyl groups is 1. The number of thioether (sulfide) groups is 1. The molecule has 0 bridgehead atoms. The molecule has 2 N–H and O–H groups in total. The fourth-order valence-electron chi connectivity index (χ4n) is 1.10. The van der Waals surface area contributed by atoms with Gasteiger partial charge in [-0.15, -0.1) is 23.1 Å². The lowest BCUT2D eigenvalue weighted by molar-refractivity contribution is -0.118. The summed E-state index contributed by atoms with van der Waals surface area (Å²) in [5.41, 5.74) is 0. The van der Waals surface area contributed by atoms with Gasteiger partial charge >= 0.3 is 0 Å². The Bertz CT molecular complexity index is 301. The van der Waals surface area contributed by atoms with E-state index in [0.29, 0.717) is 12.3 Å². The molecule has 0 saturated heterocycles. The van der Waals surface area contributed by atoms with E-state index < -0.39 is 0 Å². The maximum absolute atomic E-state index is 11.4. The molecule has 1 amide bonds. The summed E-state index contributed by atoms with van der Waals surface area (Å²) in [6.07, 6.45) is 0.892. The van der Waals surface area contributed by atoms with E-state index in [1.54, 1.807) is 11.3 Å². The molecule has 3 nitrogen and oxygen atoms in total. The van der Waals surface area contributed by atoms with Crippen molar-refractivity contribution in [3.05, 3.63) is 22.4 Å². The van der Waals surface area contributed by atoms with Crippen molar-refractivity contribution >= 4 is 29.0 Å². The maximum atomic E-state index is 11.4. The van der Waals surface area contributed by atoms with Gasteiger partial charge in [0.2, 0.25) is 5.91 Å². The maximum Gasteiger partial charge on any atom is 0.230 e. The molecular weight excluding hydrogens is 242 g/mol. The van der Waals surface area contributed by atoms with E-state index in [-0.39, 0.29) is 17.8 Å². The summed E-state index contributed by atoms with van der Waals surface area (Å²) >= 11 is 3.18. The van der Waals surface area contributed by atoms with Crippen LogP contribution in [-0.4, -0.2) is 35.2 Å². The highest BCUT2D eigenvalue weighted by atomic mass is 32.2. The van der Waals surface area contributed by atoms with E-state index in [1.165, 1.54) is 16.6 Å². The smallest absolute Gasteiger partial charge is 0.230 e. The Morgan fingerprint density at radius 3 is 3.12 bits per heavy atom. The first kappa shape index (κ1) is 13.5. The van der Waals surface area contributed by atoms with Crippen LogP contribution < -0.4 is 5.32 Å². The zero-order chi connectivity index (χ0) is 11.8. The monoisotopic (exact) mass is 259 g/mol. The first-order valence-corrected chi connectivity index (χ1v) is 7.16. The highest BCUT2D eigenvalue weighted by Crippen LogP contribution is 2.09. The van der Waals surface area contributed by atoms with Crippen LogP contribution in [-0.2, 0) is 11.2 Å². The average molecular weight is 259 g/mol. The number of carbonyl (C=O) groups is 1. The van der Waals surface area contributed by atoms with E-state index in [9.17, 15) is 4.79 Å². The molecule has 1 aromatic heterocycles. The molecule has 0 fully saturated rings. The van der Waals surface area contributed by atoms with Gasteiger partial charge in [-0.1, -0.05) is 13.0 Å². The van der Waals surface area contributed by atoms with Crippen molar-refractivity contribution in [3.63, 3.8) is 0 Å². The second kappa shape index (κ2) is 7.70. The number of thiophene rings is 1. The van der Waals surface area contributed by atoms with Crippen molar-refractivity contribution in [2.24, 2.45) is 0 Å². The summed E-state index contributed by atoms with van der Waals surface area (Å²) in [4.78, 5) is 12.7. The lowest BCUT2D eigenvalue weighted by atomic mass is 10.3. The SMILES string of the molecule is CC(CO)SCC(=O)NCCc1cccs1. The van der Waals surface area contributed by atoms with Crippen LogP contribution >= 0.6 is 23.1 Å². The Balaban J connectivity index is 2.06. The number of carbonyl (C=O) groups excluding carboxylic acids is 1. The normalized spacial score (nSPS) is 12.4. The molecule has 1 unspecified atom stereocenters. The van der Waals surface area contributed by atoms with Gasteiger partial charge in [0.25, 0.3) is 0 Å². The number of aliphatic hydroxyl groups excluding tert-OH is 1. The number of amides is 1. The molecular formula is C11H17NO2S2. The van der Waals surface area contributed by atoms with Crippen LogP contribution in [0.4, 0.5) is 0 Å². The molecule has 0 aliphatic rings. The third-order valence-corrected chi connectivity index (χ3v) is 4.11. The fraction of sp³-hybridized carbons (Fsp3) is 0.545. The predicted molar refractivity (Wildman–Crippen MR) is 70.0 cm³/mol. The van der Waals surface area contributed by atoms with Crippen molar-refractivity contribution in [3.8, 4) is 0 Å². The minimum absolute atomic E-state index is 0.0434. The van der Waals surface area contributed by atoms with E-state index in [2.05, 4.69) is 11.4 Å². The zero-order valence-electron chi connectivity index (χ0n) is 9.31. The highest BCUT2D eigenvalue weighted by molar-refractivity contribution is 8.00. The molecule has 5 heteroatoms. The van der Waals surface area contributed by atoms with Crippen LogP contribution in [0.3, 0.4) is 0 Å². The van der Waals surface area contributed by atoms with Gasteiger partial charge in [0.05, 0.1) is 12.4 Å². The molecule has 0 saturated carbocycles. The molecule has 1 aromatic rings. The van der Waals surface area contributed by atoms with E-state index in [1.807, 2.05) is 18.4 Å². The molecule has 16 heavy (non-hydrogen) atoms. The van der Waals surface area contributed by atoms with Gasteiger partial charge in [-0.3, -0.25) is 4.79 Å². The summed E-state index contributed by atoms with van der Waals surface area (Å²) in [7, 11) is 0. The van der Waals surface area contributed by atoms with Crippen molar-refractivity contribution in [1.82, 2.24) is 5.32 Å². The molecule has 0 aliphatic carbocycles. The predicted octanol–water partition coefficient (Wildman–Crippen LogP) is 1.52. The molecule has 0 radical (unpaired) electrons. The van der Waals surface area contributed by atoms with Crippen molar-refractivity contribution in [2.45, 2.75) is 18.6 Å². The second-order valence-corrected chi connectivity index (χ2v) is 5.94. The summed E-state index contributed by atoms with van der Waals surface area (Å²) < 4.78 is 0. The van der Waals surface area contributed by atoms with Gasteiger partial charge in [0, 0.05) is 16.7 Å². The summed E-state index contributed by atoms with van der Waals surface area (Å²) in [6, 6.07) is 4.08. The van der Waals surface area contributed by atoms with Crippen LogP contribution in [0.5, 0.6) is 0 Å². The Kier molecular flexibility index (Phi) is 6.52. The van der Waals surface area contributed by atoms with E-state index >= 15 is 0 Å². The molecule has 0 aliphatic heterocycles. The summed E-state index contributed by atoms with van der Waals surface area (Å²) in [5, 5.41) is 13.8. The lowest BCUT2D eigenvalue weighted by Crippen LogP contribution is -2.28. The topological polar surface area (TPSA) is 49.3 Å². The van der Waals surface area contributed by atoms with Crippen molar-refractivity contribution < 1.29 is 9.90 Å². The van der Waals surface area contributed by atoms with Crippen molar-refractivity contribution in [2.75, 3.05) is 18.9 Å². The average Bonchev–Trinajstić information content (AvgIpc) is 2.79. The van der Waals surface area contributed by atoms with Crippen LogP contribution in [0.25, 0.3) is 0 Å². The van der Waals surface area contributed by atoms with Crippen LogP contribution in [0.1, 0.15) is 11.8 Å².